The number of likely N-dealkylation sites (N-methyl/N-ethyl adjacent to an activating group) is 1. The zero-order valence-electron chi connectivity index (χ0n) is 24.4. The van der Waals surface area contributed by atoms with Gasteiger partial charge in [0.05, 0.1) is 28.9 Å². The molecular weight excluding hydrogens is 527 g/mol. The van der Waals surface area contributed by atoms with Crippen LogP contribution in [-0.2, 0) is 6.42 Å². The van der Waals surface area contributed by atoms with E-state index in [0.29, 0.717) is 4.90 Å². The van der Waals surface area contributed by atoms with Crippen molar-refractivity contribution in [2.45, 2.75) is 37.5 Å². The van der Waals surface area contributed by atoms with Crippen LogP contribution < -0.4 is 5.32 Å². The van der Waals surface area contributed by atoms with Crippen molar-refractivity contribution in [1.29, 1.82) is 0 Å². The molecule has 4 aromatic rings. The second kappa shape index (κ2) is 16.3. The zero-order chi connectivity index (χ0) is 29.6. The molecule has 0 saturated heterocycles. The lowest BCUT2D eigenvalue weighted by atomic mass is 9.88. The van der Waals surface area contributed by atoms with Gasteiger partial charge in [0.25, 0.3) is 0 Å². The van der Waals surface area contributed by atoms with Crippen LogP contribution in [0.5, 0.6) is 0 Å². The molecule has 0 spiro atoms. The van der Waals surface area contributed by atoms with E-state index in [2.05, 4.69) is 128 Å². The third-order valence-corrected chi connectivity index (χ3v) is 7.69. The molecule has 0 unspecified atom stereocenters. The Morgan fingerprint density at radius 2 is 1.56 bits per heavy atom. The van der Waals surface area contributed by atoms with Crippen LogP contribution in [0.3, 0.4) is 0 Å². The standard InChI is InChI=1S/C33H37FN4S.C2H4/c1-25-14-11-12-15-28(25)20-21-32(38-26(2)31(39-34)24-36-38)35-22-13-23-37(4)27(3)33(29-16-7-5-8-17-29)30-18-9-6-10-19-30;1-2/h5-12,14-19,21,24,33,35H,3,13,20,22-23H2,1-2,4H3;1-2H2/b32-21-;. The van der Waals surface area contributed by atoms with Crippen molar-refractivity contribution in [3.63, 3.8) is 0 Å². The van der Waals surface area contributed by atoms with Crippen molar-refractivity contribution in [2.75, 3.05) is 20.1 Å². The smallest absolute Gasteiger partial charge is 0.124 e. The van der Waals surface area contributed by atoms with Crippen LogP contribution in [0, 0.1) is 13.8 Å². The molecule has 0 aliphatic carbocycles. The number of allylic oxidation sites excluding steroid dienone is 2. The van der Waals surface area contributed by atoms with Gasteiger partial charge >= 0.3 is 0 Å². The molecule has 4 nitrogen and oxygen atoms in total. The summed E-state index contributed by atoms with van der Waals surface area (Å²) in [5, 5.41) is 8.02. The molecule has 0 radical (unpaired) electrons. The van der Waals surface area contributed by atoms with Gasteiger partial charge in [-0.25, -0.2) is 4.68 Å². The average Bonchev–Trinajstić information content (AvgIpc) is 3.39. The first-order valence-corrected chi connectivity index (χ1v) is 14.5. The molecule has 41 heavy (non-hydrogen) atoms. The lowest BCUT2D eigenvalue weighted by Gasteiger charge is -2.29. The normalized spacial score (nSPS) is 11.1. The van der Waals surface area contributed by atoms with Gasteiger partial charge in [0.2, 0.25) is 0 Å². The summed E-state index contributed by atoms with van der Waals surface area (Å²) in [6, 6.07) is 29.4. The molecule has 1 heterocycles. The highest BCUT2D eigenvalue weighted by atomic mass is 32.2. The lowest BCUT2D eigenvalue weighted by molar-refractivity contribution is 0.389. The summed E-state index contributed by atoms with van der Waals surface area (Å²) in [7, 11) is 2.11. The number of hydrogen-bond acceptors (Lipinski definition) is 4. The molecule has 0 amide bonds. The minimum Gasteiger partial charge on any atom is -0.378 e. The van der Waals surface area contributed by atoms with Crippen LogP contribution in [-0.4, -0.2) is 34.8 Å². The maximum absolute atomic E-state index is 13.4. The SMILES string of the molecule is C=C.C=C(C(c1ccccc1)c1ccccc1)N(C)CCCN/C(=C/Cc1ccccc1C)n1ncc(SF)c1C. The Labute approximate surface area is 249 Å². The van der Waals surface area contributed by atoms with E-state index in [4.69, 9.17) is 0 Å². The maximum atomic E-state index is 13.4. The molecule has 1 aromatic heterocycles. The Morgan fingerprint density at radius 1 is 0.976 bits per heavy atom. The van der Waals surface area contributed by atoms with E-state index in [0.717, 1.165) is 43.1 Å². The van der Waals surface area contributed by atoms with Crippen LogP contribution >= 0.6 is 12.1 Å². The van der Waals surface area contributed by atoms with Gasteiger partial charge in [-0.3, -0.25) is 0 Å². The second-order valence-corrected chi connectivity index (χ2v) is 10.3. The second-order valence-electron chi connectivity index (χ2n) is 9.75. The number of hydrogen-bond donors (Lipinski definition) is 1. The molecule has 3 aromatic carbocycles. The summed E-state index contributed by atoms with van der Waals surface area (Å²) in [5.41, 5.74) is 6.81. The number of aromatic nitrogens is 2. The highest BCUT2D eigenvalue weighted by Crippen LogP contribution is 2.32. The van der Waals surface area contributed by atoms with Gasteiger partial charge in [-0.2, -0.15) is 8.98 Å². The molecule has 0 aliphatic heterocycles. The fourth-order valence-electron chi connectivity index (χ4n) is 4.76. The van der Waals surface area contributed by atoms with Crippen LogP contribution in [0.25, 0.3) is 5.82 Å². The summed E-state index contributed by atoms with van der Waals surface area (Å²) in [6.07, 6.45) is 5.38. The number of halogens is 1. The quantitative estimate of drug-likeness (QED) is 0.129. The third kappa shape index (κ3) is 8.48. The molecule has 1 N–H and O–H groups in total. The van der Waals surface area contributed by atoms with E-state index >= 15 is 0 Å². The van der Waals surface area contributed by atoms with Crippen LogP contribution in [0.4, 0.5) is 3.89 Å². The van der Waals surface area contributed by atoms with Crippen molar-refractivity contribution in [3.05, 3.63) is 151 Å². The van der Waals surface area contributed by atoms with E-state index < -0.39 is 0 Å². The van der Waals surface area contributed by atoms with Crippen LogP contribution in [0.2, 0.25) is 0 Å². The molecule has 6 heteroatoms. The number of benzene rings is 3. The highest BCUT2D eigenvalue weighted by Gasteiger charge is 2.20. The van der Waals surface area contributed by atoms with E-state index in [-0.39, 0.29) is 18.1 Å². The van der Waals surface area contributed by atoms with Crippen molar-refractivity contribution < 1.29 is 3.89 Å². The predicted molar refractivity (Wildman–Crippen MR) is 173 cm³/mol. The average molecular weight is 569 g/mol. The fraction of sp³-hybridized carbons (Fsp3) is 0.229. The Balaban J connectivity index is 0.00000226. The van der Waals surface area contributed by atoms with E-state index in [1.54, 1.807) is 10.9 Å². The summed E-state index contributed by atoms with van der Waals surface area (Å²) in [6.45, 7) is 16.1. The van der Waals surface area contributed by atoms with Crippen molar-refractivity contribution >= 4 is 18.0 Å². The Morgan fingerprint density at radius 3 is 2.12 bits per heavy atom. The van der Waals surface area contributed by atoms with E-state index in [9.17, 15) is 3.89 Å². The van der Waals surface area contributed by atoms with Gasteiger partial charge in [-0.1, -0.05) is 91.5 Å². The summed E-state index contributed by atoms with van der Waals surface area (Å²) >= 11 is 0.230. The van der Waals surface area contributed by atoms with Gasteiger partial charge < -0.3 is 10.2 Å². The lowest BCUT2D eigenvalue weighted by Crippen LogP contribution is -2.27. The summed E-state index contributed by atoms with van der Waals surface area (Å²) in [4.78, 5) is 2.78. The van der Waals surface area contributed by atoms with E-state index in [1.807, 2.05) is 19.1 Å². The van der Waals surface area contributed by atoms with Crippen LogP contribution in [0.1, 0.15) is 40.3 Å². The first-order chi connectivity index (χ1) is 20.0. The van der Waals surface area contributed by atoms with Gasteiger partial charge in [-0.15, -0.1) is 13.2 Å². The summed E-state index contributed by atoms with van der Waals surface area (Å²) in [5.74, 6) is 0.960. The Hall–Kier alpha value is -4.03. The van der Waals surface area contributed by atoms with Gasteiger partial charge in [0, 0.05) is 31.8 Å². The number of nitrogens with one attached hydrogen (secondary N) is 1. The molecule has 0 saturated carbocycles. The molecule has 0 atom stereocenters. The molecule has 0 fully saturated rings. The largest absolute Gasteiger partial charge is 0.378 e. The van der Waals surface area contributed by atoms with E-state index in [1.165, 1.54) is 22.3 Å². The van der Waals surface area contributed by atoms with Gasteiger partial charge in [0.1, 0.15) is 5.82 Å². The first-order valence-electron chi connectivity index (χ1n) is 13.8. The molecule has 0 bridgehead atoms. The highest BCUT2D eigenvalue weighted by molar-refractivity contribution is 7.94. The number of nitrogens with zero attached hydrogens (tertiary/aromatic N) is 3. The molecule has 214 valence electrons. The topological polar surface area (TPSA) is 33.1 Å². The van der Waals surface area contributed by atoms with Gasteiger partial charge in [-0.05, 0) is 55.0 Å². The number of rotatable bonds is 13. The van der Waals surface area contributed by atoms with Crippen molar-refractivity contribution in [2.24, 2.45) is 0 Å². The monoisotopic (exact) mass is 568 g/mol. The fourth-order valence-corrected chi connectivity index (χ4v) is 5.04. The summed E-state index contributed by atoms with van der Waals surface area (Å²) < 4.78 is 15.2. The zero-order valence-corrected chi connectivity index (χ0v) is 25.2. The van der Waals surface area contributed by atoms with Crippen molar-refractivity contribution in [3.8, 4) is 0 Å². The molecule has 4 rings (SSSR count). The minimum atomic E-state index is 0.0956. The van der Waals surface area contributed by atoms with Crippen LogP contribution in [0.15, 0.2) is 128 Å². The third-order valence-electron chi connectivity index (χ3n) is 7.12. The Kier molecular flexibility index (Phi) is 12.5. The molecular formula is C35H41FN4S. The van der Waals surface area contributed by atoms with Gasteiger partial charge in [0.15, 0.2) is 0 Å². The Bertz CT molecular complexity index is 1360. The van der Waals surface area contributed by atoms with Crippen molar-refractivity contribution in [1.82, 2.24) is 20.0 Å². The first kappa shape index (κ1) is 31.5. The maximum Gasteiger partial charge on any atom is 0.124 e. The number of aryl methyl sites for hydroxylation is 1. The minimum absolute atomic E-state index is 0.0956. The molecule has 0 aliphatic rings. The predicted octanol–water partition coefficient (Wildman–Crippen LogP) is 8.58.